The molecule has 0 spiro atoms. The molecule has 0 saturated heterocycles. The van der Waals surface area contributed by atoms with E-state index in [9.17, 15) is 0 Å². The standard InChI is InChI=1S/C19H20N4O2/c1-24-15-8-6-13(7-9-15)12-21-18-11-17(22-19(20)23-18)14-4-3-5-16(10-14)25-2/h3-11H,12H2,1-2H3,(H3,20,21,22,23). The molecule has 1 heterocycles. The molecule has 3 aromatic rings. The van der Waals surface area contributed by atoms with Crippen LogP contribution in [0.3, 0.4) is 0 Å². The number of nitrogens with zero attached hydrogens (tertiary/aromatic N) is 2. The molecular weight excluding hydrogens is 316 g/mol. The molecule has 0 fully saturated rings. The van der Waals surface area contributed by atoms with Gasteiger partial charge in [0.2, 0.25) is 5.95 Å². The first-order chi connectivity index (χ1) is 12.2. The Kier molecular flexibility index (Phi) is 4.99. The van der Waals surface area contributed by atoms with Crippen LogP contribution in [0, 0.1) is 0 Å². The minimum atomic E-state index is 0.220. The number of ether oxygens (including phenoxy) is 2. The number of nitrogens with two attached hydrogens (primary N) is 1. The van der Waals surface area contributed by atoms with Gasteiger partial charge in [-0.05, 0) is 29.8 Å². The van der Waals surface area contributed by atoms with Crippen LogP contribution in [0.2, 0.25) is 0 Å². The molecule has 0 amide bonds. The summed E-state index contributed by atoms with van der Waals surface area (Å²) in [5, 5.41) is 3.27. The summed E-state index contributed by atoms with van der Waals surface area (Å²) < 4.78 is 10.4. The Bertz CT molecular complexity index is 850. The Morgan fingerprint density at radius 3 is 2.40 bits per heavy atom. The van der Waals surface area contributed by atoms with E-state index >= 15 is 0 Å². The van der Waals surface area contributed by atoms with E-state index in [2.05, 4.69) is 15.3 Å². The van der Waals surface area contributed by atoms with Crippen molar-refractivity contribution >= 4 is 11.8 Å². The quantitative estimate of drug-likeness (QED) is 0.718. The van der Waals surface area contributed by atoms with E-state index in [1.807, 2.05) is 54.6 Å². The highest BCUT2D eigenvalue weighted by atomic mass is 16.5. The fourth-order valence-corrected chi connectivity index (χ4v) is 2.42. The van der Waals surface area contributed by atoms with Crippen LogP contribution < -0.4 is 20.5 Å². The van der Waals surface area contributed by atoms with E-state index in [-0.39, 0.29) is 5.95 Å². The van der Waals surface area contributed by atoms with Gasteiger partial charge in [-0.1, -0.05) is 24.3 Å². The van der Waals surface area contributed by atoms with Crippen LogP contribution in [0.15, 0.2) is 54.6 Å². The van der Waals surface area contributed by atoms with Gasteiger partial charge in [-0.25, -0.2) is 4.98 Å². The number of hydrogen-bond donors (Lipinski definition) is 2. The molecule has 3 rings (SSSR count). The van der Waals surface area contributed by atoms with E-state index in [1.54, 1.807) is 14.2 Å². The highest BCUT2D eigenvalue weighted by Gasteiger charge is 2.06. The van der Waals surface area contributed by atoms with Crippen LogP contribution in [0.4, 0.5) is 11.8 Å². The monoisotopic (exact) mass is 336 g/mol. The Hall–Kier alpha value is -3.28. The van der Waals surface area contributed by atoms with Crippen LogP contribution >= 0.6 is 0 Å². The average Bonchev–Trinajstić information content (AvgIpc) is 2.66. The molecule has 0 aliphatic carbocycles. The molecule has 0 unspecified atom stereocenters. The highest BCUT2D eigenvalue weighted by Crippen LogP contribution is 2.24. The smallest absolute Gasteiger partial charge is 0.222 e. The molecule has 0 aliphatic heterocycles. The Morgan fingerprint density at radius 1 is 0.920 bits per heavy atom. The van der Waals surface area contributed by atoms with E-state index in [4.69, 9.17) is 15.2 Å². The van der Waals surface area contributed by atoms with Crippen LogP contribution in [0.5, 0.6) is 11.5 Å². The van der Waals surface area contributed by atoms with E-state index < -0.39 is 0 Å². The largest absolute Gasteiger partial charge is 0.497 e. The van der Waals surface area contributed by atoms with E-state index in [0.29, 0.717) is 12.4 Å². The molecule has 0 atom stereocenters. The normalized spacial score (nSPS) is 10.3. The Morgan fingerprint density at radius 2 is 1.68 bits per heavy atom. The molecule has 25 heavy (non-hydrogen) atoms. The number of methoxy groups -OCH3 is 2. The van der Waals surface area contributed by atoms with Crippen molar-refractivity contribution in [3.63, 3.8) is 0 Å². The molecule has 0 saturated carbocycles. The summed E-state index contributed by atoms with van der Waals surface area (Å²) in [6.45, 7) is 0.623. The van der Waals surface area contributed by atoms with Crippen molar-refractivity contribution in [2.45, 2.75) is 6.54 Å². The summed E-state index contributed by atoms with van der Waals surface area (Å²) in [6.07, 6.45) is 0. The van der Waals surface area contributed by atoms with Gasteiger partial charge in [0.25, 0.3) is 0 Å². The first-order valence-electron chi connectivity index (χ1n) is 7.84. The van der Waals surface area contributed by atoms with Gasteiger partial charge in [-0.15, -0.1) is 0 Å². The molecule has 0 aliphatic rings. The second-order valence-electron chi connectivity index (χ2n) is 5.43. The van der Waals surface area contributed by atoms with Gasteiger partial charge in [0.1, 0.15) is 17.3 Å². The number of rotatable bonds is 6. The minimum absolute atomic E-state index is 0.220. The summed E-state index contributed by atoms with van der Waals surface area (Å²) >= 11 is 0. The zero-order valence-electron chi connectivity index (χ0n) is 14.2. The van der Waals surface area contributed by atoms with Crippen LogP contribution in [0.1, 0.15) is 5.56 Å². The third-order valence-electron chi connectivity index (χ3n) is 3.74. The van der Waals surface area contributed by atoms with Crippen molar-refractivity contribution in [3.05, 3.63) is 60.2 Å². The number of nitrogen functional groups attached to an aromatic ring is 1. The molecule has 0 radical (unpaired) electrons. The number of hydrogen-bond acceptors (Lipinski definition) is 6. The van der Waals surface area contributed by atoms with Crippen LogP contribution in [-0.2, 0) is 6.54 Å². The molecule has 0 bridgehead atoms. The molecule has 1 aromatic heterocycles. The molecule has 3 N–H and O–H groups in total. The fraction of sp³-hybridized carbons (Fsp3) is 0.158. The lowest BCUT2D eigenvalue weighted by Gasteiger charge is -2.10. The van der Waals surface area contributed by atoms with Gasteiger partial charge in [0.15, 0.2) is 0 Å². The lowest BCUT2D eigenvalue weighted by atomic mass is 10.1. The summed E-state index contributed by atoms with van der Waals surface area (Å²) in [7, 11) is 3.28. The third kappa shape index (κ3) is 4.17. The number of benzene rings is 2. The van der Waals surface area contributed by atoms with Crippen LogP contribution in [0.25, 0.3) is 11.3 Å². The summed E-state index contributed by atoms with van der Waals surface area (Å²) in [5.74, 6) is 2.48. The first kappa shape index (κ1) is 16.6. The summed E-state index contributed by atoms with van der Waals surface area (Å²) in [6, 6.07) is 17.4. The first-order valence-corrected chi connectivity index (χ1v) is 7.84. The average molecular weight is 336 g/mol. The van der Waals surface area contributed by atoms with Gasteiger partial charge in [-0.3, -0.25) is 0 Å². The molecule has 2 aromatic carbocycles. The minimum Gasteiger partial charge on any atom is -0.497 e. The van der Waals surface area contributed by atoms with Gasteiger partial charge < -0.3 is 20.5 Å². The predicted octanol–water partition coefficient (Wildman–Crippen LogP) is 3.36. The van der Waals surface area contributed by atoms with Crippen molar-refractivity contribution in [2.75, 3.05) is 25.3 Å². The molecule has 6 heteroatoms. The number of nitrogens with one attached hydrogen (secondary N) is 1. The van der Waals surface area contributed by atoms with E-state index in [1.165, 1.54) is 0 Å². The topological polar surface area (TPSA) is 82.3 Å². The van der Waals surface area contributed by atoms with Crippen molar-refractivity contribution in [1.82, 2.24) is 9.97 Å². The molecule has 6 nitrogen and oxygen atoms in total. The summed E-state index contributed by atoms with van der Waals surface area (Å²) in [4.78, 5) is 8.56. The van der Waals surface area contributed by atoms with Gasteiger partial charge in [0.05, 0.1) is 19.9 Å². The highest BCUT2D eigenvalue weighted by molar-refractivity contribution is 5.65. The van der Waals surface area contributed by atoms with Gasteiger partial charge in [0, 0.05) is 18.2 Å². The lowest BCUT2D eigenvalue weighted by molar-refractivity contribution is 0.414. The molecular formula is C19H20N4O2. The van der Waals surface area contributed by atoms with E-state index in [0.717, 1.165) is 28.3 Å². The Labute approximate surface area is 146 Å². The predicted molar refractivity (Wildman–Crippen MR) is 98.8 cm³/mol. The zero-order valence-corrected chi connectivity index (χ0v) is 14.2. The van der Waals surface area contributed by atoms with Gasteiger partial charge in [-0.2, -0.15) is 4.98 Å². The number of aromatic nitrogens is 2. The van der Waals surface area contributed by atoms with Gasteiger partial charge >= 0.3 is 0 Å². The fourth-order valence-electron chi connectivity index (χ4n) is 2.42. The maximum atomic E-state index is 5.86. The maximum Gasteiger partial charge on any atom is 0.222 e. The third-order valence-corrected chi connectivity index (χ3v) is 3.74. The van der Waals surface area contributed by atoms with Crippen molar-refractivity contribution in [3.8, 4) is 22.8 Å². The lowest BCUT2D eigenvalue weighted by Crippen LogP contribution is -2.05. The van der Waals surface area contributed by atoms with Crippen molar-refractivity contribution in [1.29, 1.82) is 0 Å². The number of anilines is 2. The Balaban J connectivity index is 1.78. The summed E-state index contributed by atoms with van der Waals surface area (Å²) in [5.41, 5.74) is 8.63. The van der Waals surface area contributed by atoms with Crippen molar-refractivity contribution < 1.29 is 9.47 Å². The molecule has 128 valence electrons. The second-order valence-corrected chi connectivity index (χ2v) is 5.43. The SMILES string of the molecule is COc1ccc(CNc2cc(-c3cccc(OC)c3)nc(N)n2)cc1. The zero-order chi connectivity index (χ0) is 17.6. The second kappa shape index (κ2) is 7.53. The maximum absolute atomic E-state index is 5.86. The van der Waals surface area contributed by atoms with Crippen molar-refractivity contribution in [2.24, 2.45) is 0 Å². The van der Waals surface area contributed by atoms with Crippen LogP contribution in [-0.4, -0.2) is 24.2 Å².